The van der Waals surface area contributed by atoms with E-state index in [0.29, 0.717) is 16.7 Å². The van der Waals surface area contributed by atoms with Gasteiger partial charge in [-0.15, -0.1) is 0 Å². The maximum atomic E-state index is 15.4. The van der Waals surface area contributed by atoms with Gasteiger partial charge in [0.05, 0.1) is 18.1 Å². The van der Waals surface area contributed by atoms with Crippen LogP contribution in [0.25, 0.3) is 0 Å². The van der Waals surface area contributed by atoms with Crippen LogP contribution in [0.15, 0.2) is 97.1 Å². The number of hydrogen-bond acceptors (Lipinski definition) is 9. The Hall–Kier alpha value is -6.98. The number of nitrogens with one attached hydrogen (secondary N) is 6. The van der Waals surface area contributed by atoms with Gasteiger partial charge in [-0.25, -0.2) is 4.39 Å². The van der Waals surface area contributed by atoms with Crippen LogP contribution in [0.3, 0.4) is 0 Å². The highest BCUT2D eigenvalue weighted by Gasteiger charge is 2.47. The summed E-state index contributed by atoms with van der Waals surface area (Å²) >= 11 is 0. The van der Waals surface area contributed by atoms with Crippen LogP contribution < -0.4 is 31.9 Å². The molecular formula is C62H82FN9O7. The summed E-state index contributed by atoms with van der Waals surface area (Å²) in [5, 5.41) is 18.1. The third kappa shape index (κ3) is 14.3. The number of amides is 7. The van der Waals surface area contributed by atoms with E-state index in [0.717, 1.165) is 36.0 Å². The summed E-state index contributed by atoms with van der Waals surface area (Å²) < 4.78 is 15.4. The molecule has 6 N–H and O–H groups in total. The number of aryl methyl sites for hydroxylation is 1. The SMILES string of the molecule is CN[C@@H](C)C(=O)N[C@H](C(=O)N1C[C@@H](NC(=O)c2ccc(CN(CC(C)c3ccccc3F)C(=O)[C@@H]3Cc4ccccc4CN3C(=O)[C@@H](NC(=O)[C@H](C)NC)C(C)(C)C)cc2)C[C@H]1C(=O)N[C@@H]1CCCc2ccccc21)C(C)(C)C. The molecule has 0 spiro atoms. The molecule has 2 heterocycles. The fraction of sp³-hybridized carbons (Fsp3) is 0.500. The molecule has 424 valence electrons. The van der Waals surface area contributed by atoms with Gasteiger partial charge in [0.1, 0.15) is 30.0 Å². The van der Waals surface area contributed by atoms with Gasteiger partial charge in [-0.2, -0.15) is 0 Å². The molecule has 0 bridgehead atoms. The summed E-state index contributed by atoms with van der Waals surface area (Å²) in [5.74, 6) is -3.54. The topological polar surface area (TPSA) is 201 Å². The Morgan fingerprint density at radius 1 is 0.671 bits per heavy atom. The van der Waals surface area contributed by atoms with E-state index in [1.807, 2.05) is 90.9 Å². The number of carbonyl (C=O) groups is 7. The van der Waals surface area contributed by atoms with Crippen LogP contribution in [0.1, 0.15) is 137 Å². The second kappa shape index (κ2) is 25.4. The molecule has 1 saturated heterocycles. The zero-order chi connectivity index (χ0) is 57.5. The van der Waals surface area contributed by atoms with Crippen molar-refractivity contribution in [3.05, 3.63) is 142 Å². The van der Waals surface area contributed by atoms with E-state index in [1.54, 1.807) is 80.2 Å². The van der Waals surface area contributed by atoms with Gasteiger partial charge in [-0.1, -0.05) is 127 Å². The second-order valence-corrected chi connectivity index (χ2v) is 24.0. The molecule has 0 aromatic heterocycles. The van der Waals surface area contributed by atoms with Gasteiger partial charge < -0.3 is 46.6 Å². The Morgan fingerprint density at radius 3 is 1.82 bits per heavy atom. The number of hydrogen-bond donors (Lipinski definition) is 6. The van der Waals surface area contributed by atoms with Gasteiger partial charge in [-0.05, 0) is 116 Å². The Labute approximate surface area is 465 Å². The number of likely N-dealkylation sites (tertiary alicyclic amines) is 1. The number of rotatable bonds is 18. The minimum Gasteiger partial charge on any atom is -0.347 e. The van der Waals surface area contributed by atoms with Crippen molar-refractivity contribution in [2.24, 2.45) is 10.8 Å². The van der Waals surface area contributed by atoms with Crippen LogP contribution in [0.5, 0.6) is 0 Å². The van der Waals surface area contributed by atoms with E-state index in [4.69, 9.17) is 0 Å². The van der Waals surface area contributed by atoms with Gasteiger partial charge in [0.25, 0.3) is 5.91 Å². The maximum Gasteiger partial charge on any atom is 0.251 e. The Bertz CT molecular complexity index is 2860. The predicted molar refractivity (Wildman–Crippen MR) is 303 cm³/mol. The molecule has 1 fully saturated rings. The number of carbonyl (C=O) groups excluding carboxylic acids is 7. The minimum atomic E-state index is -0.984. The largest absolute Gasteiger partial charge is 0.347 e. The lowest BCUT2D eigenvalue weighted by molar-refractivity contribution is -0.151. The van der Waals surface area contributed by atoms with E-state index in [2.05, 4.69) is 38.0 Å². The quantitative estimate of drug-likeness (QED) is 0.0683. The summed E-state index contributed by atoms with van der Waals surface area (Å²) in [7, 11) is 3.32. The molecule has 0 saturated carbocycles. The van der Waals surface area contributed by atoms with E-state index < -0.39 is 82.6 Å². The molecule has 17 heteroatoms. The molecule has 4 aromatic carbocycles. The van der Waals surface area contributed by atoms with Crippen molar-refractivity contribution in [3.8, 4) is 0 Å². The van der Waals surface area contributed by atoms with Crippen molar-refractivity contribution >= 4 is 41.4 Å². The molecule has 7 amide bonds. The highest BCUT2D eigenvalue weighted by atomic mass is 19.1. The van der Waals surface area contributed by atoms with Crippen molar-refractivity contribution in [3.63, 3.8) is 0 Å². The molecule has 1 unspecified atom stereocenters. The summed E-state index contributed by atoms with van der Waals surface area (Å²) in [5.41, 5.74) is 3.95. The van der Waals surface area contributed by atoms with Gasteiger partial charge in [0.15, 0.2) is 0 Å². The predicted octanol–water partition coefficient (Wildman–Crippen LogP) is 6.08. The lowest BCUT2D eigenvalue weighted by Crippen LogP contribution is -2.62. The van der Waals surface area contributed by atoms with E-state index in [9.17, 15) is 28.8 Å². The van der Waals surface area contributed by atoms with Crippen LogP contribution in [0, 0.1) is 16.6 Å². The van der Waals surface area contributed by atoms with Crippen LogP contribution in [0.4, 0.5) is 4.39 Å². The molecule has 1 aliphatic carbocycles. The van der Waals surface area contributed by atoms with Crippen molar-refractivity contribution < 1.29 is 38.0 Å². The fourth-order valence-corrected chi connectivity index (χ4v) is 11.0. The first-order valence-electron chi connectivity index (χ1n) is 27.8. The Balaban J connectivity index is 1.14. The molecule has 0 radical (unpaired) electrons. The minimum absolute atomic E-state index is 0.0202. The molecular weight excluding hydrogens is 1000 g/mol. The van der Waals surface area contributed by atoms with E-state index in [-0.39, 0.29) is 68.7 Å². The molecule has 4 aromatic rings. The second-order valence-electron chi connectivity index (χ2n) is 24.0. The highest BCUT2D eigenvalue weighted by molar-refractivity contribution is 5.97. The summed E-state index contributed by atoms with van der Waals surface area (Å²) in [6.07, 6.45) is 2.88. The summed E-state index contributed by atoms with van der Waals surface area (Å²) in [6.45, 7) is 16.7. The first-order chi connectivity index (χ1) is 37.4. The van der Waals surface area contributed by atoms with Gasteiger partial charge in [0.2, 0.25) is 35.4 Å². The first-order valence-corrected chi connectivity index (χ1v) is 27.8. The maximum absolute atomic E-state index is 15.4. The fourth-order valence-electron chi connectivity index (χ4n) is 11.0. The van der Waals surface area contributed by atoms with Gasteiger partial charge in [0, 0.05) is 50.1 Å². The molecule has 3 aliphatic rings. The zero-order valence-electron chi connectivity index (χ0n) is 47.9. The van der Waals surface area contributed by atoms with Crippen molar-refractivity contribution in [2.75, 3.05) is 27.2 Å². The summed E-state index contributed by atoms with van der Waals surface area (Å²) in [6, 6.07) is 23.0. The monoisotopic (exact) mass is 1080 g/mol. The van der Waals surface area contributed by atoms with Crippen LogP contribution in [0.2, 0.25) is 0 Å². The number of benzene rings is 4. The summed E-state index contributed by atoms with van der Waals surface area (Å²) in [4.78, 5) is 105. The standard InChI is InChI=1S/C62H82FN9O7/c1-37(46-23-16-17-25-48(46)63)33-70(58(77)51-31-43-20-12-13-21-44(43)35-71(51)59(78)52(61(4,5)6)68-54(73)38(2)64-10)34-40-27-29-42(30-28-40)56(75)66-45-32-50(57(76)67-49-26-18-22-41-19-14-15-24-47(41)49)72(36-45)60(79)53(62(7,8)9)69-55(74)39(3)65-11/h12-17,19-21,23-25,27-30,37-39,45,49-53,64-65H,18,22,26,31-36H2,1-11H3,(H,66,75)(H,67,76)(H,68,73)(H,69,74)/t37?,38-,39-,45-,49+,50-,51-,52+,53+/m0/s1. The Kier molecular flexibility index (Phi) is 19.2. The van der Waals surface area contributed by atoms with E-state index in [1.165, 1.54) is 16.5 Å². The third-order valence-corrected chi connectivity index (χ3v) is 16.0. The lowest BCUT2D eigenvalue weighted by atomic mass is 9.84. The number of nitrogens with zero attached hydrogens (tertiary/aromatic N) is 3. The lowest BCUT2D eigenvalue weighted by Gasteiger charge is -2.43. The highest BCUT2D eigenvalue weighted by Crippen LogP contribution is 2.34. The van der Waals surface area contributed by atoms with Gasteiger partial charge in [-0.3, -0.25) is 33.6 Å². The number of fused-ring (bicyclic) bond motifs is 2. The smallest absolute Gasteiger partial charge is 0.251 e. The van der Waals surface area contributed by atoms with Crippen molar-refractivity contribution in [1.29, 1.82) is 0 Å². The molecule has 16 nitrogen and oxygen atoms in total. The van der Waals surface area contributed by atoms with Crippen LogP contribution in [-0.4, -0.2) is 126 Å². The zero-order valence-corrected chi connectivity index (χ0v) is 47.9. The van der Waals surface area contributed by atoms with E-state index >= 15 is 9.18 Å². The van der Waals surface area contributed by atoms with Crippen molar-refractivity contribution in [1.82, 2.24) is 46.6 Å². The average Bonchev–Trinajstić information content (AvgIpc) is 3.90. The number of halogens is 1. The average molecular weight is 1080 g/mol. The molecule has 9 atom stereocenters. The van der Waals surface area contributed by atoms with Crippen molar-refractivity contribution in [2.45, 2.75) is 162 Å². The first kappa shape index (κ1) is 59.7. The van der Waals surface area contributed by atoms with Crippen LogP contribution >= 0.6 is 0 Å². The Morgan fingerprint density at radius 2 is 1.23 bits per heavy atom. The third-order valence-electron chi connectivity index (χ3n) is 16.0. The number of likely N-dealkylation sites (N-methyl/N-ethyl adjacent to an activating group) is 2. The van der Waals surface area contributed by atoms with Crippen LogP contribution in [-0.2, 0) is 54.7 Å². The normalized spacial score (nSPS) is 20.1. The molecule has 2 aliphatic heterocycles. The molecule has 7 rings (SSSR count). The molecule has 79 heavy (non-hydrogen) atoms. The van der Waals surface area contributed by atoms with Gasteiger partial charge >= 0.3 is 0 Å².